The van der Waals surface area contributed by atoms with E-state index in [0.29, 0.717) is 13.2 Å². The summed E-state index contributed by atoms with van der Waals surface area (Å²) in [6.45, 7) is 7.04. The van der Waals surface area contributed by atoms with Crippen molar-refractivity contribution >= 4 is 0 Å². The minimum absolute atomic E-state index is 0.224. The number of hydrogen-bond acceptors (Lipinski definition) is 3. The third-order valence-electron chi connectivity index (χ3n) is 4.92. The quantitative estimate of drug-likeness (QED) is 0.807. The zero-order valence-corrected chi connectivity index (χ0v) is 16.0. The van der Waals surface area contributed by atoms with Crippen LogP contribution in [0.4, 0.5) is 0 Å². The fourth-order valence-electron chi connectivity index (χ4n) is 4.08. The van der Waals surface area contributed by atoms with Crippen molar-refractivity contribution in [3.63, 3.8) is 0 Å². The lowest BCUT2D eigenvalue weighted by atomic mass is 10.1. The molecule has 0 aromatic heterocycles. The molecule has 0 unspecified atom stereocenters. The lowest BCUT2D eigenvalue weighted by molar-refractivity contribution is -0.926. The average Bonchev–Trinajstić information content (AvgIpc) is 2.59. The minimum Gasteiger partial charge on any atom is -0.491 e. The molecule has 1 saturated heterocycles. The van der Waals surface area contributed by atoms with E-state index in [1.807, 2.05) is 30.3 Å². The number of nitrogens with zero attached hydrogens (tertiary/aromatic N) is 1. The fourth-order valence-corrected chi connectivity index (χ4v) is 4.08. The molecule has 3 atom stereocenters. The molecule has 1 N–H and O–H groups in total. The summed E-state index contributed by atoms with van der Waals surface area (Å²) in [4.78, 5) is 0. The van der Waals surface area contributed by atoms with Gasteiger partial charge in [-0.2, -0.15) is 0 Å². The second-order valence-corrected chi connectivity index (χ2v) is 7.78. The number of likely N-dealkylation sites (N-methyl/N-ethyl adjacent to an activating group) is 1. The maximum atomic E-state index is 10.5. The third kappa shape index (κ3) is 5.07. The first kappa shape index (κ1) is 18.9. The van der Waals surface area contributed by atoms with E-state index in [1.54, 1.807) is 0 Å². The topological polar surface area (TPSA) is 38.7 Å². The smallest absolute Gasteiger partial charge is 0.137 e. The number of aliphatic hydroxyl groups is 1. The van der Waals surface area contributed by atoms with Gasteiger partial charge in [-0.05, 0) is 37.1 Å². The van der Waals surface area contributed by atoms with E-state index in [0.717, 1.165) is 28.9 Å². The van der Waals surface area contributed by atoms with E-state index in [4.69, 9.17) is 9.47 Å². The van der Waals surface area contributed by atoms with Crippen LogP contribution in [0.25, 0.3) is 11.1 Å². The van der Waals surface area contributed by atoms with Crippen molar-refractivity contribution in [1.82, 2.24) is 0 Å². The van der Waals surface area contributed by atoms with Gasteiger partial charge < -0.3 is 19.1 Å². The highest BCUT2D eigenvalue weighted by Gasteiger charge is 2.35. The molecule has 1 fully saturated rings. The van der Waals surface area contributed by atoms with Gasteiger partial charge in [0.15, 0.2) is 0 Å². The summed E-state index contributed by atoms with van der Waals surface area (Å²) in [5.74, 6) is 0.787. The number of aliphatic hydroxyl groups excluding tert-OH is 1. The highest BCUT2D eigenvalue weighted by molar-refractivity contribution is 5.63. The molecule has 4 nitrogen and oxygen atoms in total. The molecule has 140 valence electrons. The molecular formula is C22H30NO3+. The molecule has 1 aliphatic heterocycles. The Balaban J connectivity index is 1.52. The van der Waals surface area contributed by atoms with E-state index in [2.05, 4.69) is 45.2 Å². The number of ether oxygens (including phenoxy) is 2. The highest BCUT2D eigenvalue weighted by atomic mass is 16.5. The number of quaternary nitrogens is 1. The van der Waals surface area contributed by atoms with Crippen LogP contribution in [0.2, 0.25) is 0 Å². The second kappa shape index (κ2) is 8.21. The monoisotopic (exact) mass is 356 g/mol. The van der Waals surface area contributed by atoms with Crippen molar-refractivity contribution in [3.8, 4) is 16.9 Å². The Labute approximate surface area is 156 Å². The van der Waals surface area contributed by atoms with Gasteiger partial charge in [0.05, 0.1) is 7.05 Å². The zero-order chi connectivity index (χ0) is 18.6. The predicted octanol–water partition coefficient (Wildman–Crippen LogP) is 3.35. The summed E-state index contributed by atoms with van der Waals surface area (Å²) in [5, 5.41) is 10.5. The molecule has 3 rings (SSSR count). The SMILES string of the molecule is C[C@H]1C[N+](C)(C[C@H](O)COc2ccc(-c3ccccc3)cc2)C[C@H](C)O1. The van der Waals surface area contributed by atoms with Gasteiger partial charge in [0.25, 0.3) is 0 Å². The Hall–Kier alpha value is -1.88. The summed E-state index contributed by atoms with van der Waals surface area (Å²) in [5.41, 5.74) is 2.35. The van der Waals surface area contributed by atoms with Gasteiger partial charge in [-0.25, -0.2) is 0 Å². The molecule has 1 aliphatic rings. The van der Waals surface area contributed by atoms with E-state index >= 15 is 0 Å². The van der Waals surface area contributed by atoms with Crippen molar-refractivity contribution in [2.45, 2.75) is 32.2 Å². The molecule has 0 aliphatic carbocycles. The van der Waals surface area contributed by atoms with E-state index in [1.165, 1.54) is 5.56 Å². The van der Waals surface area contributed by atoms with Gasteiger partial charge in [-0.15, -0.1) is 0 Å². The van der Waals surface area contributed by atoms with Crippen molar-refractivity contribution in [3.05, 3.63) is 54.6 Å². The van der Waals surface area contributed by atoms with E-state index < -0.39 is 6.10 Å². The summed E-state index contributed by atoms with van der Waals surface area (Å²) in [6, 6.07) is 18.3. The standard InChI is InChI=1S/C22H30NO3/c1-17-13-23(3,14-18(2)26-17)15-21(24)16-25-22-11-9-20(10-12-22)19-7-5-4-6-8-19/h4-12,17-18,21,24H,13-16H2,1-3H3/q+1/t17-,18-,21-/m0/s1. The molecule has 26 heavy (non-hydrogen) atoms. The summed E-state index contributed by atoms with van der Waals surface area (Å²) in [6.07, 6.45) is -0.0453. The predicted molar refractivity (Wildman–Crippen MR) is 104 cm³/mol. The number of rotatable bonds is 6. The van der Waals surface area contributed by atoms with Crippen molar-refractivity contribution in [1.29, 1.82) is 0 Å². The first-order chi connectivity index (χ1) is 12.4. The molecule has 0 bridgehead atoms. The van der Waals surface area contributed by atoms with Gasteiger partial charge in [0.2, 0.25) is 0 Å². The van der Waals surface area contributed by atoms with Crippen LogP contribution in [0.3, 0.4) is 0 Å². The summed E-state index contributed by atoms with van der Waals surface area (Å²) in [7, 11) is 2.19. The Morgan fingerprint density at radius 3 is 2.19 bits per heavy atom. The maximum absolute atomic E-state index is 10.5. The lowest BCUT2D eigenvalue weighted by Crippen LogP contribution is -2.60. The largest absolute Gasteiger partial charge is 0.491 e. The van der Waals surface area contributed by atoms with Crippen LogP contribution in [-0.2, 0) is 4.74 Å². The highest BCUT2D eigenvalue weighted by Crippen LogP contribution is 2.22. The summed E-state index contributed by atoms with van der Waals surface area (Å²) < 4.78 is 12.4. The van der Waals surface area contributed by atoms with Gasteiger partial charge in [0.1, 0.15) is 50.3 Å². The van der Waals surface area contributed by atoms with Crippen LogP contribution < -0.4 is 4.74 Å². The minimum atomic E-state index is -0.494. The van der Waals surface area contributed by atoms with Gasteiger partial charge in [0, 0.05) is 0 Å². The molecule has 1 heterocycles. The second-order valence-electron chi connectivity index (χ2n) is 7.78. The van der Waals surface area contributed by atoms with Gasteiger partial charge in [-0.1, -0.05) is 42.5 Å². The van der Waals surface area contributed by atoms with Crippen molar-refractivity contribution in [2.75, 3.05) is 33.3 Å². The molecule has 0 radical (unpaired) electrons. The van der Waals surface area contributed by atoms with Crippen molar-refractivity contribution < 1.29 is 19.1 Å². The fraction of sp³-hybridized carbons (Fsp3) is 0.455. The molecule has 2 aromatic carbocycles. The number of morpholine rings is 1. The Bertz CT molecular complexity index is 676. The van der Waals surface area contributed by atoms with E-state index in [-0.39, 0.29) is 12.2 Å². The van der Waals surface area contributed by atoms with Crippen LogP contribution in [0.5, 0.6) is 5.75 Å². The van der Waals surface area contributed by atoms with Gasteiger partial charge in [-0.3, -0.25) is 0 Å². The first-order valence-corrected chi connectivity index (χ1v) is 9.39. The van der Waals surface area contributed by atoms with Crippen LogP contribution in [0.1, 0.15) is 13.8 Å². The maximum Gasteiger partial charge on any atom is 0.137 e. The Kier molecular flexibility index (Phi) is 5.97. The van der Waals surface area contributed by atoms with Crippen LogP contribution >= 0.6 is 0 Å². The van der Waals surface area contributed by atoms with Crippen molar-refractivity contribution in [2.24, 2.45) is 0 Å². The molecule has 4 heteroatoms. The first-order valence-electron chi connectivity index (χ1n) is 9.39. The molecular weight excluding hydrogens is 326 g/mol. The van der Waals surface area contributed by atoms with E-state index in [9.17, 15) is 5.11 Å². The molecule has 0 saturated carbocycles. The Morgan fingerprint density at radius 2 is 1.58 bits per heavy atom. The normalized spacial score (nSPS) is 27.1. The third-order valence-corrected chi connectivity index (χ3v) is 4.92. The molecule has 2 aromatic rings. The molecule has 0 spiro atoms. The Morgan fingerprint density at radius 1 is 1.00 bits per heavy atom. The summed E-state index contributed by atoms with van der Waals surface area (Å²) >= 11 is 0. The van der Waals surface area contributed by atoms with Crippen LogP contribution in [-0.4, -0.2) is 61.2 Å². The van der Waals surface area contributed by atoms with Crippen LogP contribution in [0.15, 0.2) is 54.6 Å². The zero-order valence-electron chi connectivity index (χ0n) is 16.0. The molecule has 0 amide bonds. The number of benzene rings is 2. The van der Waals surface area contributed by atoms with Gasteiger partial charge >= 0.3 is 0 Å². The lowest BCUT2D eigenvalue weighted by Gasteiger charge is -2.43. The number of hydrogen-bond donors (Lipinski definition) is 1. The average molecular weight is 356 g/mol. The van der Waals surface area contributed by atoms with Crippen LogP contribution in [0, 0.1) is 0 Å².